The number of amides is 1. The minimum Gasteiger partial charge on any atom is -0.499 e. The minimum absolute atomic E-state index is 0.105. The van der Waals surface area contributed by atoms with Crippen LogP contribution in [0, 0.1) is 5.82 Å². The zero-order valence-corrected chi connectivity index (χ0v) is 15.5. The van der Waals surface area contributed by atoms with Crippen LogP contribution in [0.15, 0.2) is 52.4 Å². The highest BCUT2D eigenvalue weighted by molar-refractivity contribution is 9.10. The van der Waals surface area contributed by atoms with Crippen molar-refractivity contribution in [1.29, 1.82) is 0 Å². The molecule has 0 saturated heterocycles. The first-order valence-electron chi connectivity index (χ1n) is 7.50. The Kier molecular flexibility index (Phi) is 6.93. The van der Waals surface area contributed by atoms with Crippen molar-refractivity contribution in [1.82, 2.24) is 10.0 Å². The number of carbonyl (C=O) groups excluding carboxylic acids is 1. The fourth-order valence-corrected chi connectivity index (χ4v) is 2.37. The molecular weight excluding hydrogens is 409 g/mol. The van der Waals surface area contributed by atoms with Crippen molar-refractivity contribution >= 4 is 33.3 Å². The maximum atomic E-state index is 14.1. The second-order valence-corrected chi connectivity index (χ2v) is 5.97. The lowest BCUT2D eigenvalue weighted by molar-refractivity contribution is 0.0145. The topological polar surface area (TPSA) is 81.6 Å². The molecule has 0 fully saturated rings. The minimum atomic E-state index is -0.598. The summed E-state index contributed by atoms with van der Waals surface area (Å²) in [6.45, 7) is 3.70. The van der Waals surface area contributed by atoms with Gasteiger partial charge in [0, 0.05) is 17.6 Å². The van der Waals surface area contributed by atoms with Gasteiger partial charge in [0.1, 0.15) is 24.8 Å². The Labute approximate surface area is 157 Å². The third-order valence-corrected chi connectivity index (χ3v) is 3.82. The van der Waals surface area contributed by atoms with Crippen LogP contribution in [0.3, 0.4) is 0 Å². The van der Waals surface area contributed by atoms with E-state index in [1.54, 1.807) is 6.07 Å². The Hall–Kier alpha value is -2.65. The summed E-state index contributed by atoms with van der Waals surface area (Å²) < 4.78 is 20.7. The van der Waals surface area contributed by atoms with E-state index in [1.807, 2.05) is 0 Å². The lowest BCUT2D eigenvalue weighted by atomic mass is 10.2. The maximum Gasteiger partial charge on any atom is 0.278 e. The largest absolute Gasteiger partial charge is 0.499 e. The Morgan fingerprint density at radius 1 is 1.35 bits per heavy atom. The maximum absolute atomic E-state index is 14.1. The molecule has 0 aliphatic rings. The average molecular weight is 426 g/mol. The molecule has 26 heavy (non-hydrogen) atoms. The molecule has 0 aliphatic heterocycles. The van der Waals surface area contributed by atoms with Crippen molar-refractivity contribution in [2.75, 3.05) is 18.5 Å². The van der Waals surface area contributed by atoms with Crippen LogP contribution < -0.4 is 16.4 Å². The highest BCUT2D eigenvalue weighted by Crippen LogP contribution is 2.24. The molecule has 0 aliphatic carbocycles. The molecule has 138 valence electrons. The van der Waals surface area contributed by atoms with E-state index < -0.39 is 11.7 Å². The van der Waals surface area contributed by atoms with Crippen LogP contribution >= 0.6 is 15.9 Å². The summed E-state index contributed by atoms with van der Waals surface area (Å²) in [7, 11) is 1.47. The first-order chi connectivity index (χ1) is 12.4. The van der Waals surface area contributed by atoms with Gasteiger partial charge in [-0.15, -0.1) is 0 Å². The average Bonchev–Trinajstić information content (AvgIpc) is 2.60. The molecule has 1 heterocycles. The Balaban J connectivity index is 2.24. The van der Waals surface area contributed by atoms with E-state index in [0.717, 1.165) is 0 Å². The molecule has 0 saturated carbocycles. The second-order valence-electron chi connectivity index (χ2n) is 5.06. The van der Waals surface area contributed by atoms with E-state index in [9.17, 15) is 14.0 Å². The number of aromatic nitrogens is 1. The number of rotatable bonds is 8. The summed E-state index contributed by atoms with van der Waals surface area (Å²) in [5.41, 5.74) is 2.11. The van der Waals surface area contributed by atoms with Crippen LogP contribution in [-0.2, 0) is 16.6 Å². The number of hydroxylamine groups is 1. The predicted octanol–water partition coefficient (Wildman–Crippen LogP) is 2.85. The number of benzene rings is 1. The molecule has 0 radical (unpaired) electrons. The van der Waals surface area contributed by atoms with Crippen LogP contribution in [0.5, 0.6) is 0 Å². The van der Waals surface area contributed by atoms with Crippen molar-refractivity contribution in [3.8, 4) is 0 Å². The predicted molar refractivity (Wildman–Crippen MR) is 98.6 cm³/mol. The van der Waals surface area contributed by atoms with Gasteiger partial charge in [0.15, 0.2) is 0 Å². The van der Waals surface area contributed by atoms with Crippen LogP contribution in [0.1, 0.15) is 10.4 Å². The Morgan fingerprint density at radius 2 is 2.12 bits per heavy atom. The Morgan fingerprint density at radius 3 is 2.81 bits per heavy atom. The fourth-order valence-electron chi connectivity index (χ4n) is 2.03. The van der Waals surface area contributed by atoms with Crippen molar-refractivity contribution in [2.24, 2.45) is 7.05 Å². The van der Waals surface area contributed by atoms with Crippen molar-refractivity contribution in [3.63, 3.8) is 0 Å². The normalized spacial score (nSPS) is 10.3. The highest BCUT2D eigenvalue weighted by Gasteiger charge is 2.16. The molecule has 0 bridgehead atoms. The third-order valence-electron chi connectivity index (χ3n) is 3.33. The molecule has 7 nitrogen and oxygen atoms in total. The molecule has 1 aromatic carbocycles. The van der Waals surface area contributed by atoms with Gasteiger partial charge >= 0.3 is 0 Å². The standard InChI is InChI=1S/C17H17BrFN3O4/c1-3-25-8-9-26-21-17(24)12-5-7-15(23)22(2)16(12)20-14-6-4-11(18)10-13(14)19/h3-7,10,20H,1,8-9H2,2H3,(H,21,24). The number of anilines is 2. The number of halogens is 2. The van der Waals surface area contributed by atoms with Gasteiger partial charge in [0.25, 0.3) is 11.5 Å². The zero-order chi connectivity index (χ0) is 19.1. The first-order valence-corrected chi connectivity index (χ1v) is 8.30. The molecule has 1 amide bonds. The number of hydrogen-bond donors (Lipinski definition) is 2. The molecule has 0 spiro atoms. The van der Waals surface area contributed by atoms with E-state index in [2.05, 4.69) is 33.3 Å². The SMILES string of the molecule is C=COCCONC(=O)c1ccc(=O)n(C)c1Nc1ccc(Br)cc1F. The van der Waals surface area contributed by atoms with Crippen LogP contribution in [0.2, 0.25) is 0 Å². The van der Waals surface area contributed by atoms with Gasteiger partial charge in [0.2, 0.25) is 0 Å². The van der Waals surface area contributed by atoms with Crippen molar-refractivity contribution in [2.45, 2.75) is 0 Å². The van der Waals surface area contributed by atoms with E-state index in [0.29, 0.717) is 4.47 Å². The lowest BCUT2D eigenvalue weighted by Crippen LogP contribution is -2.29. The smallest absolute Gasteiger partial charge is 0.278 e. The zero-order valence-electron chi connectivity index (χ0n) is 13.9. The van der Waals surface area contributed by atoms with E-state index in [1.165, 1.54) is 42.1 Å². The lowest BCUT2D eigenvalue weighted by Gasteiger charge is -2.16. The summed E-state index contributed by atoms with van der Waals surface area (Å²) in [6, 6.07) is 6.96. The molecule has 2 N–H and O–H groups in total. The van der Waals surface area contributed by atoms with Crippen LogP contribution in [-0.4, -0.2) is 23.7 Å². The van der Waals surface area contributed by atoms with Gasteiger partial charge in [-0.05, 0) is 24.3 Å². The molecular formula is C17H17BrFN3O4. The molecule has 2 rings (SSSR count). The number of nitrogens with zero attached hydrogens (tertiary/aromatic N) is 1. The number of carbonyl (C=O) groups is 1. The summed E-state index contributed by atoms with van der Waals surface area (Å²) >= 11 is 3.17. The van der Waals surface area contributed by atoms with Gasteiger partial charge in [-0.2, -0.15) is 0 Å². The monoisotopic (exact) mass is 425 g/mol. The van der Waals surface area contributed by atoms with Gasteiger partial charge < -0.3 is 10.1 Å². The Bertz CT molecular complexity index is 870. The van der Waals surface area contributed by atoms with Crippen molar-refractivity contribution in [3.05, 3.63) is 69.4 Å². The summed E-state index contributed by atoms with van der Waals surface area (Å²) in [4.78, 5) is 29.2. The molecule has 0 atom stereocenters. The van der Waals surface area contributed by atoms with Gasteiger partial charge in [0.05, 0.1) is 17.5 Å². The van der Waals surface area contributed by atoms with E-state index >= 15 is 0 Å². The second kappa shape index (κ2) is 9.16. The van der Waals surface area contributed by atoms with Gasteiger partial charge in [-0.3, -0.25) is 19.0 Å². The summed E-state index contributed by atoms with van der Waals surface area (Å²) in [5.74, 6) is -1.01. The number of nitrogens with one attached hydrogen (secondary N) is 2. The summed E-state index contributed by atoms with van der Waals surface area (Å²) in [6.07, 6.45) is 1.26. The van der Waals surface area contributed by atoms with E-state index in [-0.39, 0.29) is 35.8 Å². The number of ether oxygens (including phenoxy) is 1. The highest BCUT2D eigenvalue weighted by atomic mass is 79.9. The van der Waals surface area contributed by atoms with Crippen molar-refractivity contribution < 1.29 is 18.8 Å². The molecule has 2 aromatic rings. The number of pyridine rings is 1. The summed E-state index contributed by atoms with van der Waals surface area (Å²) in [5, 5.41) is 2.78. The van der Waals surface area contributed by atoms with E-state index in [4.69, 9.17) is 9.57 Å². The first kappa shape index (κ1) is 19.7. The number of hydrogen-bond acceptors (Lipinski definition) is 5. The fraction of sp³-hybridized carbons (Fsp3) is 0.176. The molecule has 1 aromatic heterocycles. The van der Waals surface area contributed by atoms with Gasteiger partial charge in [-0.1, -0.05) is 22.5 Å². The molecule has 0 unspecified atom stereocenters. The van der Waals surface area contributed by atoms with Crippen LogP contribution in [0.4, 0.5) is 15.9 Å². The third kappa shape index (κ3) is 4.93. The van der Waals surface area contributed by atoms with Gasteiger partial charge in [-0.25, -0.2) is 9.87 Å². The molecule has 9 heteroatoms. The van der Waals surface area contributed by atoms with Crippen LogP contribution in [0.25, 0.3) is 0 Å². The quantitative estimate of drug-likeness (QED) is 0.386.